The highest BCUT2D eigenvalue weighted by molar-refractivity contribution is 5.99. The third-order valence-corrected chi connectivity index (χ3v) is 4.36. The first-order valence-electron chi connectivity index (χ1n) is 7.29. The van der Waals surface area contributed by atoms with Gasteiger partial charge in [0, 0.05) is 37.4 Å². The molecule has 0 spiro atoms. The Morgan fingerprint density at radius 3 is 2.77 bits per heavy atom. The first-order chi connectivity index (χ1) is 10.3. The van der Waals surface area contributed by atoms with Crippen molar-refractivity contribution in [2.45, 2.75) is 32.6 Å². The second-order valence-corrected chi connectivity index (χ2v) is 6.75. The molecule has 0 amide bonds. The maximum atomic E-state index is 12.7. The van der Waals surface area contributed by atoms with Gasteiger partial charge in [-0.05, 0) is 17.5 Å². The minimum atomic E-state index is -0.433. The molecule has 1 aromatic heterocycles. The summed E-state index contributed by atoms with van der Waals surface area (Å²) in [5.74, 6) is 0.331. The summed E-state index contributed by atoms with van der Waals surface area (Å²) in [5, 5.41) is 9.49. The van der Waals surface area contributed by atoms with Gasteiger partial charge in [-0.3, -0.25) is 4.79 Å². The second-order valence-electron chi connectivity index (χ2n) is 6.75. The molecular formula is C17H19N3O2. The fourth-order valence-corrected chi connectivity index (χ4v) is 3.35. The van der Waals surface area contributed by atoms with Crippen molar-refractivity contribution in [3.8, 4) is 6.07 Å². The van der Waals surface area contributed by atoms with Gasteiger partial charge in [0.25, 0.3) is 0 Å². The highest BCUT2D eigenvalue weighted by Gasteiger charge is 2.43. The summed E-state index contributed by atoms with van der Waals surface area (Å²) in [6.07, 6.45) is 3.00. The van der Waals surface area contributed by atoms with Gasteiger partial charge in [0.2, 0.25) is 5.88 Å². The van der Waals surface area contributed by atoms with Crippen LogP contribution >= 0.6 is 0 Å². The maximum absolute atomic E-state index is 12.7. The Bertz CT molecular complexity index is 759. The molecule has 2 heterocycles. The van der Waals surface area contributed by atoms with Crippen molar-refractivity contribution in [3.63, 3.8) is 0 Å². The van der Waals surface area contributed by atoms with Crippen LogP contribution in [0.2, 0.25) is 0 Å². The van der Waals surface area contributed by atoms with Crippen molar-refractivity contribution in [3.05, 3.63) is 46.8 Å². The number of Topliss-reactive ketones (excluding diaryl/α,β-unsaturated/α-hetero) is 1. The van der Waals surface area contributed by atoms with E-state index in [1.54, 1.807) is 0 Å². The van der Waals surface area contributed by atoms with Crippen LogP contribution in [0.4, 0.5) is 0 Å². The largest absolute Gasteiger partial charge is 0.444 e. The summed E-state index contributed by atoms with van der Waals surface area (Å²) >= 11 is 0. The summed E-state index contributed by atoms with van der Waals surface area (Å²) in [6.45, 7) is 4.07. The number of nitrogens with zero attached hydrogens (tertiary/aromatic N) is 2. The van der Waals surface area contributed by atoms with E-state index in [1.807, 2.05) is 43.8 Å². The number of rotatable bonds is 1. The van der Waals surface area contributed by atoms with Gasteiger partial charge < -0.3 is 15.0 Å². The van der Waals surface area contributed by atoms with Gasteiger partial charge in [-0.15, -0.1) is 0 Å². The Balaban J connectivity index is 2.20. The molecule has 22 heavy (non-hydrogen) atoms. The van der Waals surface area contributed by atoms with Crippen molar-refractivity contribution < 1.29 is 9.53 Å². The molecule has 2 N–H and O–H groups in total. The molecule has 0 bridgehead atoms. The van der Waals surface area contributed by atoms with Crippen molar-refractivity contribution in [1.82, 2.24) is 4.57 Å². The molecule has 1 aromatic rings. The highest BCUT2D eigenvalue weighted by atomic mass is 16.5. The quantitative estimate of drug-likeness (QED) is 0.863. The van der Waals surface area contributed by atoms with Crippen molar-refractivity contribution in [2.24, 2.45) is 18.2 Å². The second kappa shape index (κ2) is 4.77. The molecule has 5 heteroatoms. The number of nitriles is 1. The van der Waals surface area contributed by atoms with E-state index in [-0.39, 0.29) is 17.1 Å². The monoisotopic (exact) mass is 297 g/mol. The van der Waals surface area contributed by atoms with Crippen LogP contribution in [0.5, 0.6) is 0 Å². The predicted molar refractivity (Wildman–Crippen MR) is 81.1 cm³/mol. The number of carbonyl (C=O) groups is 1. The van der Waals surface area contributed by atoms with E-state index in [1.165, 1.54) is 0 Å². The smallest absolute Gasteiger partial charge is 0.205 e. The zero-order chi connectivity index (χ0) is 16.1. The fourth-order valence-electron chi connectivity index (χ4n) is 3.35. The van der Waals surface area contributed by atoms with Gasteiger partial charge in [0.05, 0.1) is 5.92 Å². The topological polar surface area (TPSA) is 81.0 Å². The van der Waals surface area contributed by atoms with Gasteiger partial charge in [-0.2, -0.15) is 5.26 Å². The first kappa shape index (κ1) is 14.5. The lowest BCUT2D eigenvalue weighted by molar-refractivity contribution is -0.119. The van der Waals surface area contributed by atoms with E-state index < -0.39 is 5.92 Å². The zero-order valence-corrected chi connectivity index (χ0v) is 13.0. The summed E-state index contributed by atoms with van der Waals surface area (Å²) in [5.41, 5.74) is 7.58. The average Bonchev–Trinajstić information content (AvgIpc) is 2.81. The van der Waals surface area contributed by atoms with Gasteiger partial charge in [0.15, 0.2) is 5.78 Å². The summed E-state index contributed by atoms with van der Waals surface area (Å²) in [6, 6.07) is 5.93. The Labute approximate surface area is 129 Å². The van der Waals surface area contributed by atoms with Gasteiger partial charge in [-0.1, -0.05) is 13.8 Å². The number of aromatic nitrogens is 1. The molecule has 114 valence electrons. The lowest BCUT2D eigenvalue weighted by Crippen LogP contribution is -2.34. The number of aryl methyl sites for hydroxylation is 1. The third kappa shape index (κ3) is 2.12. The minimum Gasteiger partial charge on any atom is -0.444 e. The average molecular weight is 297 g/mol. The molecule has 0 radical (unpaired) electrons. The number of ketones is 1. The number of carbonyl (C=O) groups excluding carboxylic acids is 1. The highest BCUT2D eigenvalue weighted by Crippen LogP contribution is 2.47. The molecule has 2 aliphatic rings. The number of ether oxygens (including phenoxy) is 1. The summed E-state index contributed by atoms with van der Waals surface area (Å²) in [4.78, 5) is 12.7. The fraction of sp³-hybridized carbons (Fsp3) is 0.412. The zero-order valence-electron chi connectivity index (χ0n) is 13.0. The van der Waals surface area contributed by atoms with Crippen molar-refractivity contribution >= 4 is 5.78 Å². The molecule has 3 rings (SSSR count). The third-order valence-electron chi connectivity index (χ3n) is 4.36. The Morgan fingerprint density at radius 2 is 2.18 bits per heavy atom. The van der Waals surface area contributed by atoms with Gasteiger partial charge in [-0.25, -0.2) is 0 Å². The normalized spacial score (nSPS) is 23.9. The SMILES string of the molecule is Cn1cccc1[C@@H]1C(C#N)=C(N)OC2=C1C(=O)CC(C)(C)C2. The predicted octanol–water partition coefficient (Wildman–Crippen LogP) is 2.48. The number of nitrogens with two attached hydrogens (primary N) is 1. The molecule has 0 saturated carbocycles. The van der Waals surface area contributed by atoms with E-state index in [9.17, 15) is 10.1 Å². The summed E-state index contributed by atoms with van der Waals surface area (Å²) < 4.78 is 7.57. The van der Waals surface area contributed by atoms with E-state index in [2.05, 4.69) is 6.07 Å². The molecule has 1 atom stereocenters. The molecule has 0 saturated heterocycles. The maximum Gasteiger partial charge on any atom is 0.205 e. The van der Waals surface area contributed by atoms with Crippen molar-refractivity contribution in [2.75, 3.05) is 0 Å². The molecule has 1 aliphatic heterocycles. The number of hydrogen-bond acceptors (Lipinski definition) is 4. The molecule has 0 aromatic carbocycles. The number of allylic oxidation sites excluding steroid dienone is 3. The van der Waals surface area contributed by atoms with Crippen LogP contribution in [-0.2, 0) is 16.6 Å². The van der Waals surface area contributed by atoms with Gasteiger partial charge in [0.1, 0.15) is 17.4 Å². The van der Waals surface area contributed by atoms with Crippen LogP contribution in [0.25, 0.3) is 0 Å². The van der Waals surface area contributed by atoms with Crippen LogP contribution in [-0.4, -0.2) is 10.4 Å². The Morgan fingerprint density at radius 1 is 1.45 bits per heavy atom. The van der Waals surface area contributed by atoms with Crippen LogP contribution in [0.15, 0.2) is 41.1 Å². The Kier molecular flexibility index (Phi) is 3.13. The van der Waals surface area contributed by atoms with Gasteiger partial charge >= 0.3 is 0 Å². The standard InChI is InChI=1S/C17H19N3O2/c1-17(2)7-12(21)15-13(8-17)22-16(19)10(9-18)14(15)11-5-4-6-20(11)3/h4-6,14H,7-8,19H2,1-3H3/t14-/m0/s1. The molecular weight excluding hydrogens is 278 g/mol. The first-order valence-corrected chi connectivity index (χ1v) is 7.29. The van der Waals surface area contributed by atoms with Crippen LogP contribution in [0.1, 0.15) is 38.3 Å². The van der Waals surface area contributed by atoms with E-state index >= 15 is 0 Å². The number of hydrogen-bond donors (Lipinski definition) is 1. The molecule has 5 nitrogen and oxygen atoms in total. The molecule has 1 aliphatic carbocycles. The van der Waals surface area contributed by atoms with E-state index in [0.29, 0.717) is 29.7 Å². The molecule has 0 fully saturated rings. The van der Waals surface area contributed by atoms with Crippen molar-refractivity contribution in [1.29, 1.82) is 5.26 Å². The van der Waals surface area contributed by atoms with E-state index in [4.69, 9.17) is 10.5 Å². The lowest BCUT2D eigenvalue weighted by Gasteiger charge is -2.37. The van der Waals surface area contributed by atoms with E-state index in [0.717, 1.165) is 5.69 Å². The van der Waals surface area contributed by atoms with Crippen LogP contribution in [0, 0.1) is 16.7 Å². The van der Waals surface area contributed by atoms with Crippen LogP contribution in [0.3, 0.4) is 0 Å². The summed E-state index contributed by atoms with van der Waals surface area (Å²) in [7, 11) is 1.90. The van der Waals surface area contributed by atoms with Crippen LogP contribution < -0.4 is 5.73 Å². The lowest BCUT2D eigenvalue weighted by atomic mass is 9.71. The Hall–Kier alpha value is -2.48. The molecule has 0 unspecified atom stereocenters. The minimum absolute atomic E-state index is 0.0395.